The Kier molecular flexibility index (Phi) is 3.59. The fourth-order valence-electron chi connectivity index (χ4n) is 2.05. The predicted octanol–water partition coefficient (Wildman–Crippen LogP) is 1.84. The molecule has 106 valence electrons. The van der Waals surface area contributed by atoms with Gasteiger partial charge in [-0.25, -0.2) is 4.39 Å². The van der Waals surface area contributed by atoms with Gasteiger partial charge in [0.05, 0.1) is 0 Å². The van der Waals surface area contributed by atoms with Gasteiger partial charge in [0.25, 0.3) is 5.91 Å². The molecule has 2 aromatic heterocycles. The summed E-state index contributed by atoms with van der Waals surface area (Å²) in [5.41, 5.74) is 1.21. The lowest BCUT2D eigenvalue weighted by atomic mass is 10.2. The summed E-state index contributed by atoms with van der Waals surface area (Å²) in [5, 5.41) is 10.9. The van der Waals surface area contributed by atoms with Crippen LogP contribution in [0.15, 0.2) is 48.7 Å². The third kappa shape index (κ3) is 2.89. The molecule has 2 heterocycles. The van der Waals surface area contributed by atoms with E-state index >= 15 is 0 Å². The van der Waals surface area contributed by atoms with E-state index in [0.29, 0.717) is 18.5 Å². The Labute approximate surface area is 120 Å². The van der Waals surface area contributed by atoms with Gasteiger partial charge >= 0.3 is 0 Å². The number of benzene rings is 1. The minimum Gasteiger partial charge on any atom is -0.352 e. The van der Waals surface area contributed by atoms with Crippen molar-refractivity contribution in [3.8, 4) is 0 Å². The van der Waals surface area contributed by atoms with Crippen LogP contribution in [0.4, 0.5) is 4.39 Å². The molecule has 5 nitrogen and oxygen atoms in total. The molecule has 0 radical (unpaired) electrons. The standard InChI is InChI=1S/C15H13FN4O/c16-12-6-4-11(5-7-12)15(21)17-9-8-14-19-18-13-3-1-2-10-20(13)14/h1-7,10H,8-9H2,(H,17,21). The van der Waals surface area contributed by atoms with E-state index in [1.807, 2.05) is 28.8 Å². The highest BCUT2D eigenvalue weighted by atomic mass is 19.1. The first-order chi connectivity index (χ1) is 10.2. The maximum absolute atomic E-state index is 12.8. The van der Waals surface area contributed by atoms with Crippen LogP contribution in [0.1, 0.15) is 16.2 Å². The second kappa shape index (κ2) is 5.70. The molecule has 6 heteroatoms. The Morgan fingerprint density at radius 1 is 1.14 bits per heavy atom. The number of carbonyl (C=O) groups excluding carboxylic acids is 1. The van der Waals surface area contributed by atoms with E-state index in [1.54, 1.807) is 0 Å². The van der Waals surface area contributed by atoms with Crippen LogP contribution in [-0.4, -0.2) is 27.0 Å². The van der Waals surface area contributed by atoms with Crippen LogP contribution in [0.2, 0.25) is 0 Å². The number of pyridine rings is 1. The molecule has 0 aliphatic heterocycles. The molecule has 0 bridgehead atoms. The van der Waals surface area contributed by atoms with E-state index in [1.165, 1.54) is 24.3 Å². The highest BCUT2D eigenvalue weighted by Gasteiger charge is 2.07. The minimum absolute atomic E-state index is 0.233. The van der Waals surface area contributed by atoms with Crippen LogP contribution >= 0.6 is 0 Å². The number of carbonyl (C=O) groups is 1. The topological polar surface area (TPSA) is 59.3 Å². The number of fused-ring (bicyclic) bond motifs is 1. The van der Waals surface area contributed by atoms with Gasteiger partial charge in [-0.05, 0) is 36.4 Å². The van der Waals surface area contributed by atoms with E-state index in [9.17, 15) is 9.18 Å². The highest BCUT2D eigenvalue weighted by Crippen LogP contribution is 2.04. The second-order valence-corrected chi connectivity index (χ2v) is 4.56. The lowest BCUT2D eigenvalue weighted by Gasteiger charge is -2.04. The van der Waals surface area contributed by atoms with Crippen molar-refractivity contribution in [3.63, 3.8) is 0 Å². The van der Waals surface area contributed by atoms with Crippen molar-refractivity contribution < 1.29 is 9.18 Å². The van der Waals surface area contributed by atoms with E-state index < -0.39 is 0 Å². The first kappa shape index (κ1) is 13.2. The summed E-state index contributed by atoms with van der Waals surface area (Å²) in [6.45, 7) is 0.436. The monoisotopic (exact) mass is 284 g/mol. The summed E-state index contributed by atoms with van der Waals surface area (Å²) < 4.78 is 14.7. The van der Waals surface area contributed by atoms with Gasteiger partial charge in [-0.1, -0.05) is 6.07 Å². The zero-order chi connectivity index (χ0) is 14.7. The van der Waals surface area contributed by atoms with Crippen molar-refractivity contribution in [2.45, 2.75) is 6.42 Å². The predicted molar refractivity (Wildman–Crippen MR) is 75.4 cm³/mol. The third-order valence-corrected chi connectivity index (χ3v) is 3.12. The van der Waals surface area contributed by atoms with Crippen LogP contribution in [0.25, 0.3) is 5.65 Å². The molecule has 0 fully saturated rings. The number of rotatable bonds is 4. The SMILES string of the molecule is O=C(NCCc1nnc2ccccn12)c1ccc(F)cc1. The molecule has 1 aromatic carbocycles. The van der Waals surface area contributed by atoms with Gasteiger partial charge in [-0.3, -0.25) is 9.20 Å². The number of amides is 1. The zero-order valence-corrected chi connectivity index (χ0v) is 11.2. The van der Waals surface area contributed by atoms with Crippen molar-refractivity contribution in [1.82, 2.24) is 19.9 Å². The van der Waals surface area contributed by atoms with Crippen LogP contribution in [-0.2, 0) is 6.42 Å². The Morgan fingerprint density at radius 2 is 1.95 bits per heavy atom. The Morgan fingerprint density at radius 3 is 2.76 bits per heavy atom. The van der Waals surface area contributed by atoms with E-state index in [2.05, 4.69) is 15.5 Å². The molecule has 0 aliphatic rings. The zero-order valence-electron chi connectivity index (χ0n) is 11.2. The lowest BCUT2D eigenvalue weighted by Crippen LogP contribution is -2.26. The van der Waals surface area contributed by atoms with Crippen LogP contribution < -0.4 is 5.32 Å². The van der Waals surface area contributed by atoms with Crippen LogP contribution in [0.3, 0.4) is 0 Å². The Balaban J connectivity index is 1.61. The van der Waals surface area contributed by atoms with E-state index in [4.69, 9.17) is 0 Å². The smallest absolute Gasteiger partial charge is 0.251 e. The molecule has 0 saturated heterocycles. The van der Waals surface area contributed by atoms with Gasteiger partial charge in [0.15, 0.2) is 5.65 Å². The molecular formula is C15H13FN4O. The number of nitrogens with one attached hydrogen (secondary N) is 1. The molecule has 0 aliphatic carbocycles. The molecule has 21 heavy (non-hydrogen) atoms. The Bertz CT molecular complexity index is 767. The Hall–Kier alpha value is -2.76. The van der Waals surface area contributed by atoms with Crippen LogP contribution in [0.5, 0.6) is 0 Å². The van der Waals surface area contributed by atoms with Crippen molar-refractivity contribution in [2.75, 3.05) is 6.54 Å². The first-order valence-electron chi connectivity index (χ1n) is 6.56. The number of hydrogen-bond acceptors (Lipinski definition) is 3. The molecular weight excluding hydrogens is 271 g/mol. The molecule has 0 saturated carbocycles. The van der Waals surface area contributed by atoms with Gasteiger partial charge in [-0.2, -0.15) is 0 Å². The summed E-state index contributed by atoms with van der Waals surface area (Å²) in [6.07, 6.45) is 2.45. The summed E-state index contributed by atoms with van der Waals surface area (Å²) in [5.74, 6) is 0.190. The fraction of sp³-hybridized carbons (Fsp3) is 0.133. The lowest BCUT2D eigenvalue weighted by molar-refractivity contribution is 0.0954. The van der Waals surface area contributed by atoms with Crippen molar-refractivity contribution >= 4 is 11.6 Å². The van der Waals surface area contributed by atoms with Crippen molar-refractivity contribution in [2.24, 2.45) is 0 Å². The highest BCUT2D eigenvalue weighted by molar-refractivity contribution is 5.94. The van der Waals surface area contributed by atoms with Gasteiger partial charge in [0.2, 0.25) is 0 Å². The van der Waals surface area contributed by atoms with Gasteiger partial charge in [-0.15, -0.1) is 10.2 Å². The average Bonchev–Trinajstić information content (AvgIpc) is 2.91. The molecule has 3 aromatic rings. The largest absolute Gasteiger partial charge is 0.352 e. The molecule has 1 N–H and O–H groups in total. The molecule has 0 atom stereocenters. The number of nitrogens with zero attached hydrogens (tertiary/aromatic N) is 3. The van der Waals surface area contributed by atoms with Gasteiger partial charge < -0.3 is 5.32 Å². The summed E-state index contributed by atoms with van der Waals surface area (Å²) in [7, 11) is 0. The second-order valence-electron chi connectivity index (χ2n) is 4.56. The maximum atomic E-state index is 12.8. The van der Waals surface area contributed by atoms with Crippen molar-refractivity contribution in [3.05, 3.63) is 65.9 Å². The maximum Gasteiger partial charge on any atom is 0.251 e. The molecule has 0 spiro atoms. The number of hydrogen-bond donors (Lipinski definition) is 1. The minimum atomic E-state index is -0.360. The van der Waals surface area contributed by atoms with Gasteiger partial charge in [0.1, 0.15) is 11.6 Å². The molecule has 3 rings (SSSR count). The number of aromatic nitrogens is 3. The quantitative estimate of drug-likeness (QED) is 0.795. The van der Waals surface area contributed by atoms with E-state index in [0.717, 1.165) is 11.5 Å². The fourth-order valence-corrected chi connectivity index (χ4v) is 2.05. The van der Waals surface area contributed by atoms with E-state index in [-0.39, 0.29) is 11.7 Å². The summed E-state index contributed by atoms with van der Waals surface area (Å²) in [4.78, 5) is 11.9. The first-order valence-corrected chi connectivity index (χ1v) is 6.56. The average molecular weight is 284 g/mol. The van der Waals surface area contributed by atoms with Gasteiger partial charge in [0, 0.05) is 24.7 Å². The molecule has 0 unspecified atom stereocenters. The third-order valence-electron chi connectivity index (χ3n) is 3.12. The molecule has 1 amide bonds. The normalized spacial score (nSPS) is 10.7. The van der Waals surface area contributed by atoms with Crippen molar-refractivity contribution in [1.29, 1.82) is 0 Å². The summed E-state index contributed by atoms with van der Waals surface area (Å²) in [6, 6.07) is 11.1. The summed E-state index contributed by atoms with van der Waals surface area (Å²) >= 11 is 0. The number of halogens is 1. The van der Waals surface area contributed by atoms with Crippen LogP contribution in [0, 0.1) is 5.82 Å².